The Balaban J connectivity index is 2.47. The summed E-state index contributed by atoms with van der Waals surface area (Å²) in [7, 11) is 0. The summed E-state index contributed by atoms with van der Waals surface area (Å²) in [5.41, 5.74) is 1.26. The van der Waals surface area contributed by atoms with Gasteiger partial charge in [0.15, 0.2) is 0 Å². The van der Waals surface area contributed by atoms with Crippen LogP contribution in [-0.2, 0) is 4.74 Å². The van der Waals surface area contributed by atoms with Crippen molar-refractivity contribution >= 4 is 5.91 Å². The van der Waals surface area contributed by atoms with Crippen molar-refractivity contribution in [2.75, 3.05) is 13.2 Å². The highest BCUT2D eigenvalue weighted by atomic mass is 16.5. The Labute approximate surface area is 121 Å². The Morgan fingerprint density at radius 1 is 1.35 bits per heavy atom. The number of carbonyl (C=O) groups is 1. The van der Waals surface area contributed by atoms with E-state index in [0.717, 1.165) is 17.9 Å². The quantitative estimate of drug-likeness (QED) is 0.779. The third kappa shape index (κ3) is 5.25. The number of hydrogen-bond acceptors (Lipinski definition) is 4. The number of ether oxygens (including phenoxy) is 1. The van der Waals surface area contributed by atoms with Crippen LogP contribution in [0.3, 0.4) is 0 Å². The summed E-state index contributed by atoms with van der Waals surface area (Å²) in [5.74, 6) is 0.908. The second kappa shape index (κ2) is 7.94. The monoisotopic (exact) mass is 279 g/mol. The molecule has 112 valence electrons. The summed E-state index contributed by atoms with van der Waals surface area (Å²) in [5, 5.41) is 2.86. The first-order valence-corrected chi connectivity index (χ1v) is 7.15. The Morgan fingerprint density at radius 3 is 2.60 bits per heavy atom. The van der Waals surface area contributed by atoms with Gasteiger partial charge < -0.3 is 10.1 Å². The molecule has 0 aromatic carbocycles. The second-order valence-electron chi connectivity index (χ2n) is 5.41. The van der Waals surface area contributed by atoms with Crippen molar-refractivity contribution in [3.63, 3.8) is 0 Å². The molecule has 1 aromatic heterocycles. The first kappa shape index (κ1) is 16.6. The van der Waals surface area contributed by atoms with Gasteiger partial charge in [-0.05, 0) is 27.2 Å². The lowest BCUT2D eigenvalue weighted by molar-refractivity contribution is 0.0757. The number of carbonyl (C=O) groups excluding carboxylic acids is 1. The van der Waals surface area contributed by atoms with E-state index in [1.54, 1.807) is 6.20 Å². The van der Waals surface area contributed by atoms with Crippen molar-refractivity contribution in [1.29, 1.82) is 0 Å². The van der Waals surface area contributed by atoms with E-state index in [1.165, 1.54) is 0 Å². The first-order valence-electron chi connectivity index (χ1n) is 7.15. The number of aryl methyl sites for hydroxylation is 1. The molecule has 0 aliphatic rings. The van der Waals surface area contributed by atoms with Gasteiger partial charge in [-0.3, -0.25) is 4.79 Å². The molecule has 1 N–H and O–H groups in total. The summed E-state index contributed by atoms with van der Waals surface area (Å²) in [6, 6.07) is 0. The lowest BCUT2D eigenvalue weighted by Crippen LogP contribution is -2.27. The molecule has 0 fully saturated rings. The maximum atomic E-state index is 12.0. The second-order valence-corrected chi connectivity index (χ2v) is 5.41. The fraction of sp³-hybridized carbons (Fsp3) is 0.667. The Hall–Kier alpha value is -1.49. The molecular formula is C15H25N3O2. The van der Waals surface area contributed by atoms with E-state index < -0.39 is 0 Å². The van der Waals surface area contributed by atoms with Crippen LogP contribution in [0.4, 0.5) is 0 Å². The zero-order valence-electron chi connectivity index (χ0n) is 13.1. The van der Waals surface area contributed by atoms with E-state index in [1.807, 2.05) is 34.6 Å². The first-order chi connectivity index (χ1) is 9.41. The number of nitrogens with zero attached hydrogens (tertiary/aromatic N) is 2. The number of nitrogens with one attached hydrogen (secondary N) is 1. The molecule has 5 nitrogen and oxygen atoms in total. The molecule has 0 atom stereocenters. The Bertz CT molecular complexity index is 445. The third-order valence-corrected chi connectivity index (χ3v) is 2.82. The smallest absolute Gasteiger partial charge is 0.254 e. The van der Waals surface area contributed by atoms with E-state index in [-0.39, 0.29) is 17.9 Å². The molecule has 1 rings (SSSR count). The highest BCUT2D eigenvalue weighted by molar-refractivity contribution is 5.94. The van der Waals surface area contributed by atoms with Crippen molar-refractivity contribution in [1.82, 2.24) is 15.3 Å². The molecular weight excluding hydrogens is 254 g/mol. The van der Waals surface area contributed by atoms with Crippen molar-refractivity contribution in [2.45, 2.75) is 53.1 Å². The van der Waals surface area contributed by atoms with Crippen molar-refractivity contribution < 1.29 is 9.53 Å². The van der Waals surface area contributed by atoms with E-state index >= 15 is 0 Å². The number of hydrogen-bond donors (Lipinski definition) is 1. The van der Waals surface area contributed by atoms with Gasteiger partial charge in [0.2, 0.25) is 0 Å². The van der Waals surface area contributed by atoms with Gasteiger partial charge in [-0.25, -0.2) is 9.97 Å². The van der Waals surface area contributed by atoms with Gasteiger partial charge >= 0.3 is 0 Å². The van der Waals surface area contributed by atoms with Crippen LogP contribution >= 0.6 is 0 Å². The van der Waals surface area contributed by atoms with Gasteiger partial charge in [0.05, 0.1) is 17.4 Å². The van der Waals surface area contributed by atoms with Crippen molar-refractivity contribution in [3.8, 4) is 0 Å². The number of rotatable bonds is 7. The fourth-order valence-electron chi connectivity index (χ4n) is 1.67. The van der Waals surface area contributed by atoms with Crippen LogP contribution in [-0.4, -0.2) is 35.1 Å². The van der Waals surface area contributed by atoms with E-state index in [9.17, 15) is 4.79 Å². The maximum absolute atomic E-state index is 12.0. The largest absolute Gasteiger partial charge is 0.379 e. The highest BCUT2D eigenvalue weighted by Crippen LogP contribution is 2.11. The lowest BCUT2D eigenvalue weighted by atomic mass is 10.1. The summed E-state index contributed by atoms with van der Waals surface area (Å²) >= 11 is 0. The molecule has 0 radical (unpaired) electrons. The SMILES string of the molecule is Cc1nc(C(C)C)ncc1C(=O)NCCCOC(C)C. The van der Waals surface area contributed by atoms with E-state index in [0.29, 0.717) is 18.7 Å². The number of amides is 1. The average Bonchev–Trinajstić information content (AvgIpc) is 2.37. The Morgan fingerprint density at radius 2 is 2.05 bits per heavy atom. The van der Waals surface area contributed by atoms with Gasteiger partial charge in [0, 0.05) is 25.3 Å². The minimum atomic E-state index is -0.123. The maximum Gasteiger partial charge on any atom is 0.254 e. The minimum Gasteiger partial charge on any atom is -0.379 e. The summed E-state index contributed by atoms with van der Waals surface area (Å²) in [6.07, 6.45) is 2.64. The lowest BCUT2D eigenvalue weighted by Gasteiger charge is -2.10. The van der Waals surface area contributed by atoms with Gasteiger partial charge in [-0.2, -0.15) is 0 Å². The van der Waals surface area contributed by atoms with E-state index in [4.69, 9.17) is 4.74 Å². The predicted octanol–water partition coefficient (Wildman–Crippen LogP) is 2.45. The molecule has 1 heterocycles. The zero-order valence-corrected chi connectivity index (χ0v) is 13.1. The fourth-order valence-corrected chi connectivity index (χ4v) is 1.67. The molecule has 0 saturated heterocycles. The molecule has 5 heteroatoms. The van der Waals surface area contributed by atoms with Crippen LogP contribution in [0.1, 0.15) is 61.9 Å². The number of aromatic nitrogens is 2. The van der Waals surface area contributed by atoms with Crippen LogP contribution < -0.4 is 5.32 Å². The third-order valence-electron chi connectivity index (χ3n) is 2.82. The predicted molar refractivity (Wildman–Crippen MR) is 78.9 cm³/mol. The summed E-state index contributed by atoms with van der Waals surface area (Å²) in [6.45, 7) is 11.1. The standard InChI is InChI=1S/C15H25N3O2/c1-10(2)14-17-9-13(12(5)18-14)15(19)16-7-6-8-20-11(3)4/h9-11H,6-8H2,1-5H3,(H,16,19). The summed E-state index contributed by atoms with van der Waals surface area (Å²) in [4.78, 5) is 20.6. The van der Waals surface area contributed by atoms with Crippen LogP contribution in [0.15, 0.2) is 6.20 Å². The highest BCUT2D eigenvalue weighted by Gasteiger charge is 2.12. The minimum absolute atomic E-state index is 0.123. The van der Waals surface area contributed by atoms with Crippen LogP contribution in [0, 0.1) is 6.92 Å². The van der Waals surface area contributed by atoms with Gasteiger partial charge in [0.1, 0.15) is 5.82 Å². The van der Waals surface area contributed by atoms with Gasteiger partial charge in [0.25, 0.3) is 5.91 Å². The molecule has 0 bridgehead atoms. The van der Waals surface area contributed by atoms with Crippen LogP contribution in [0.5, 0.6) is 0 Å². The molecule has 0 aliphatic carbocycles. The molecule has 1 aromatic rings. The Kier molecular flexibility index (Phi) is 6.58. The molecule has 0 unspecified atom stereocenters. The van der Waals surface area contributed by atoms with Crippen molar-refractivity contribution in [2.24, 2.45) is 0 Å². The zero-order chi connectivity index (χ0) is 15.1. The molecule has 1 amide bonds. The molecule has 0 saturated carbocycles. The average molecular weight is 279 g/mol. The topological polar surface area (TPSA) is 64.1 Å². The van der Waals surface area contributed by atoms with Gasteiger partial charge in [-0.1, -0.05) is 13.8 Å². The van der Waals surface area contributed by atoms with Crippen molar-refractivity contribution in [3.05, 3.63) is 23.3 Å². The van der Waals surface area contributed by atoms with Crippen LogP contribution in [0.2, 0.25) is 0 Å². The molecule has 20 heavy (non-hydrogen) atoms. The van der Waals surface area contributed by atoms with E-state index in [2.05, 4.69) is 15.3 Å². The normalized spacial score (nSPS) is 11.2. The summed E-state index contributed by atoms with van der Waals surface area (Å²) < 4.78 is 5.42. The van der Waals surface area contributed by atoms with Gasteiger partial charge in [-0.15, -0.1) is 0 Å². The van der Waals surface area contributed by atoms with Crippen LogP contribution in [0.25, 0.3) is 0 Å². The molecule has 0 spiro atoms. The molecule has 0 aliphatic heterocycles.